The Bertz CT molecular complexity index is 1070. The predicted molar refractivity (Wildman–Crippen MR) is 117 cm³/mol. The number of nitrogens with one attached hydrogen (secondary N) is 1. The number of likely N-dealkylation sites (tertiary alicyclic amines) is 1. The van der Waals surface area contributed by atoms with Gasteiger partial charge < -0.3 is 10.2 Å². The minimum atomic E-state index is -0.304. The number of hydrogen-bond donors (Lipinski definition) is 1. The fourth-order valence-corrected chi connectivity index (χ4v) is 4.69. The number of amides is 2. The number of aromatic nitrogens is 2. The summed E-state index contributed by atoms with van der Waals surface area (Å²) in [4.78, 5) is 36.8. The Balaban J connectivity index is 1.40. The second-order valence-corrected chi connectivity index (χ2v) is 8.61. The van der Waals surface area contributed by atoms with Gasteiger partial charge in [0.1, 0.15) is 15.7 Å². The van der Waals surface area contributed by atoms with Gasteiger partial charge in [0.2, 0.25) is 5.91 Å². The number of carbonyl (C=O) groups is 2. The lowest BCUT2D eigenvalue weighted by atomic mass is 9.96. The molecule has 31 heavy (non-hydrogen) atoms. The normalized spacial score (nSPS) is 16.2. The van der Waals surface area contributed by atoms with E-state index in [2.05, 4.69) is 15.3 Å². The highest BCUT2D eigenvalue weighted by molar-refractivity contribution is 7.17. The summed E-state index contributed by atoms with van der Waals surface area (Å²) in [6.45, 7) is 3.18. The maximum absolute atomic E-state index is 13.2. The summed E-state index contributed by atoms with van der Waals surface area (Å²) in [7, 11) is 0. The van der Waals surface area contributed by atoms with Gasteiger partial charge in [0.05, 0.1) is 11.6 Å². The molecular weight excluding hydrogens is 415 g/mol. The van der Waals surface area contributed by atoms with Crippen molar-refractivity contribution in [2.45, 2.75) is 26.3 Å². The third kappa shape index (κ3) is 4.96. The number of thiazole rings is 1. The van der Waals surface area contributed by atoms with Gasteiger partial charge in [-0.2, -0.15) is 0 Å². The Hall–Kier alpha value is -3.13. The van der Waals surface area contributed by atoms with E-state index in [1.54, 1.807) is 29.4 Å². The van der Waals surface area contributed by atoms with Crippen LogP contribution in [0.2, 0.25) is 0 Å². The number of pyridine rings is 1. The second kappa shape index (κ2) is 9.34. The molecule has 0 radical (unpaired) electrons. The van der Waals surface area contributed by atoms with Crippen molar-refractivity contribution in [2.75, 3.05) is 13.1 Å². The van der Waals surface area contributed by atoms with Crippen molar-refractivity contribution in [3.05, 3.63) is 70.7 Å². The third-order valence-corrected chi connectivity index (χ3v) is 6.55. The zero-order valence-corrected chi connectivity index (χ0v) is 18.0. The summed E-state index contributed by atoms with van der Waals surface area (Å²) < 4.78 is 13.0. The molecule has 1 saturated heterocycles. The van der Waals surface area contributed by atoms with E-state index in [1.165, 1.54) is 23.5 Å². The Labute approximate surface area is 184 Å². The Morgan fingerprint density at radius 1 is 1.26 bits per heavy atom. The molecule has 6 nitrogen and oxygen atoms in total. The van der Waals surface area contributed by atoms with Crippen molar-refractivity contribution in [2.24, 2.45) is 5.92 Å². The highest BCUT2D eigenvalue weighted by Crippen LogP contribution is 2.29. The number of rotatable bonds is 5. The molecule has 1 unspecified atom stereocenters. The quantitative estimate of drug-likeness (QED) is 0.657. The lowest BCUT2D eigenvalue weighted by molar-refractivity contribution is -0.126. The molecule has 3 heterocycles. The molecule has 1 N–H and O–H groups in total. The van der Waals surface area contributed by atoms with Crippen LogP contribution in [0.15, 0.2) is 48.8 Å². The monoisotopic (exact) mass is 438 g/mol. The second-order valence-electron chi connectivity index (χ2n) is 7.61. The molecular formula is C23H23FN4O2S. The molecule has 4 rings (SSSR count). The van der Waals surface area contributed by atoms with E-state index >= 15 is 0 Å². The van der Waals surface area contributed by atoms with Gasteiger partial charge in [0.15, 0.2) is 0 Å². The average molecular weight is 439 g/mol. The first-order chi connectivity index (χ1) is 15.0. The van der Waals surface area contributed by atoms with Crippen molar-refractivity contribution < 1.29 is 14.0 Å². The van der Waals surface area contributed by atoms with Crippen LogP contribution in [0.25, 0.3) is 10.6 Å². The SMILES string of the molecule is Cc1nc(-c2cccnc2)sc1C(=O)N1CCCC(C(=O)NCc2ccc(F)cc2)C1. The Morgan fingerprint density at radius 2 is 2.06 bits per heavy atom. The molecule has 1 fully saturated rings. The molecule has 160 valence electrons. The number of carbonyl (C=O) groups excluding carboxylic acids is 2. The minimum absolute atomic E-state index is 0.0822. The maximum atomic E-state index is 13.2. The number of aryl methyl sites for hydroxylation is 1. The lowest BCUT2D eigenvalue weighted by Gasteiger charge is -2.31. The number of benzene rings is 1. The number of halogens is 1. The number of nitrogens with zero attached hydrogens (tertiary/aromatic N) is 3. The fourth-order valence-electron chi connectivity index (χ4n) is 3.66. The molecule has 1 aliphatic heterocycles. The number of hydrogen-bond acceptors (Lipinski definition) is 5. The van der Waals surface area contributed by atoms with E-state index in [1.807, 2.05) is 19.1 Å². The molecule has 2 amide bonds. The van der Waals surface area contributed by atoms with Crippen LogP contribution in [0.1, 0.15) is 33.8 Å². The van der Waals surface area contributed by atoms with Crippen molar-refractivity contribution in [1.82, 2.24) is 20.2 Å². The molecule has 1 aromatic carbocycles. The highest BCUT2D eigenvalue weighted by atomic mass is 32.1. The van der Waals surface area contributed by atoms with Gasteiger partial charge in [-0.25, -0.2) is 9.37 Å². The van der Waals surface area contributed by atoms with Crippen LogP contribution in [-0.2, 0) is 11.3 Å². The lowest BCUT2D eigenvalue weighted by Crippen LogP contribution is -2.45. The van der Waals surface area contributed by atoms with Crippen LogP contribution >= 0.6 is 11.3 Å². The van der Waals surface area contributed by atoms with Gasteiger partial charge in [-0.15, -0.1) is 11.3 Å². The van der Waals surface area contributed by atoms with Gasteiger partial charge in [-0.3, -0.25) is 14.6 Å². The molecule has 8 heteroatoms. The first kappa shape index (κ1) is 21.1. The van der Waals surface area contributed by atoms with Crippen LogP contribution < -0.4 is 5.32 Å². The summed E-state index contributed by atoms with van der Waals surface area (Å²) in [5.74, 6) is -0.731. The molecule has 3 aromatic rings. The Morgan fingerprint density at radius 3 is 2.81 bits per heavy atom. The average Bonchev–Trinajstić information content (AvgIpc) is 3.20. The molecule has 0 spiro atoms. The van der Waals surface area contributed by atoms with E-state index in [9.17, 15) is 14.0 Å². The fraction of sp³-hybridized carbons (Fsp3) is 0.304. The number of piperidine rings is 1. The van der Waals surface area contributed by atoms with Crippen molar-refractivity contribution >= 4 is 23.2 Å². The van der Waals surface area contributed by atoms with E-state index < -0.39 is 0 Å². The first-order valence-corrected chi connectivity index (χ1v) is 11.0. The van der Waals surface area contributed by atoms with Gasteiger partial charge in [-0.05, 0) is 49.6 Å². The standard InChI is InChI=1S/C23H23FN4O2S/c1-15-20(31-22(27-15)17-4-2-10-25-13-17)23(30)28-11-3-5-18(14-28)21(29)26-12-16-6-8-19(24)9-7-16/h2,4,6-10,13,18H,3,5,11-12,14H2,1H3,(H,26,29). The van der Waals surface area contributed by atoms with Gasteiger partial charge in [0, 0.05) is 37.6 Å². The zero-order valence-electron chi connectivity index (χ0n) is 17.2. The van der Waals surface area contributed by atoms with Crippen LogP contribution in [-0.4, -0.2) is 39.8 Å². The Kier molecular flexibility index (Phi) is 6.36. The zero-order chi connectivity index (χ0) is 21.8. The third-order valence-electron chi connectivity index (χ3n) is 5.36. The molecule has 0 saturated carbocycles. The van der Waals surface area contributed by atoms with E-state index in [4.69, 9.17) is 0 Å². The summed E-state index contributed by atoms with van der Waals surface area (Å²) >= 11 is 1.36. The van der Waals surface area contributed by atoms with Gasteiger partial charge >= 0.3 is 0 Å². The van der Waals surface area contributed by atoms with Crippen LogP contribution in [0, 0.1) is 18.7 Å². The molecule has 0 bridgehead atoms. The first-order valence-electron chi connectivity index (χ1n) is 10.2. The highest BCUT2D eigenvalue weighted by Gasteiger charge is 2.30. The molecule has 1 atom stereocenters. The van der Waals surface area contributed by atoms with E-state index in [0.717, 1.165) is 29.0 Å². The van der Waals surface area contributed by atoms with Crippen LogP contribution in [0.5, 0.6) is 0 Å². The summed E-state index contributed by atoms with van der Waals surface area (Å²) in [6, 6.07) is 9.81. The maximum Gasteiger partial charge on any atom is 0.265 e. The van der Waals surface area contributed by atoms with Gasteiger partial charge in [0.25, 0.3) is 5.91 Å². The summed E-state index contributed by atoms with van der Waals surface area (Å²) in [6.07, 6.45) is 4.94. The van der Waals surface area contributed by atoms with Crippen LogP contribution in [0.4, 0.5) is 4.39 Å². The summed E-state index contributed by atoms with van der Waals surface area (Å²) in [5, 5.41) is 3.67. The van der Waals surface area contributed by atoms with Crippen molar-refractivity contribution in [3.63, 3.8) is 0 Å². The molecule has 2 aromatic heterocycles. The topological polar surface area (TPSA) is 75.2 Å². The van der Waals surface area contributed by atoms with E-state index in [0.29, 0.717) is 30.2 Å². The molecule has 1 aliphatic rings. The summed E-state index contributed by atoms with van der Waals surface area (Å²) in [5.41, 5.74) is 2.41. The van der Waals surface area contributed by atoms with Gasteiger partial charge in [-0.1, -0.05) is 12.1 Å². The smallest absolute Gasteiger partial charge is 0.265 e. The minimum Gasteiger partial charge on any atom is -0.352 e. The van der Waals surface area contributed by atoms with Crippen molar-refractivity contribution in [1.29, 1.82) is 0 Å². The van der Waals surface area contributed by atoms with Crippen LogP contribution in [0.3, 0.4) is 0 Å². The predicted octanol–water partition coefficient (Wildman–Crippen LogP) is 3.82. The van der Waals surface area contributed by atoms with E-state index in [-0.39, 0.29) is 23.5 Å². The van der Waals surface area contributed by atoms with Crippen molar-refractivity contribution in [3.8, 4) is 10.6 Å². The molecule has 0 aliphatic carbocycles. The largest absolute Gasteiger partial charge is 0.352 e.